The van der Waals surface area contributed by atoms with E-state index < -0.39 is 13.9 Å². The van der Waals surface area contributed by atoms with E-state index in [2.05, 4.69) is 64.8 Å². The molecule has 0 aromatic rings. The average Bonchev–Trinajstić information content (AvgIpc) is 2.90. The first-order chi connectivity index (χ1) is 12.5. The molecular formula is C22H36O4Si. The second-order valence-corrected chi connectivity index (χ2v) is 14.2. The van der Waals surface area contributed by atoms with Crippen LogP contribution in [0.15, 0.2) is 0 Å². The van der Waals surface area contributed by atoms with Gasteiger partial charge in [0, 0.05) is 6.42 Å². The van der Waals surface area contributed by atoms with Crippen LogP contribution in [0.2, 0.25) is 16.6 Å². The van der Waals surface area contributed by atoms with Crippen LogP contribution in [0.3, 0.4) is 0 Å². The molecule has 0 saturated carbocycles. The van der Waals surface area contributed by atoms with Gasteiger partial charge in [0.05, 0.1) is 13.0 Å². The molecule has 0 aromatic carbocycles. The van der Waals surface area contributed by atoms with Crippen molar-refractivity contribution in [2.75, 3.05) is 13.2 Å². The molecule has 1 rings (SSSR count). The van der Waals surface area contributed by atoms with E-state index >= 15 is 0 Å². The molecule has 0 amide bonds. The Morgan fingerprint density at radius 2 is 1.70 bits per heavy atom. The smallest absolute Gasteiger partial charge is 0.306 e. The Morgan fingerprint density at radius 3 is 2.19 bits per heavy atom. The SMILES string of the molecule is CC(C)[Si](C#CC#CCCC(=O)OC[C@H]1COC(C)(C)O1)(C(C)C)C(C)C. The maximum absolute atomic E-state index is 11.8. The standard InChI is InChI=1S/C22H36O4Si/c1-17(2)27(18(3)4,19(5)6)14-12-10-9-11-13-21(23)24-15-20-16-25-22(7,8)26-20/h17-20H,11,13,15-16H2,1-8H3/t20-/m0/s1. The van der Waals surface area contributed by atoms with Gasteiger partial charge in [0.15, 0.2) is 5.79 Å². The van der Waals surface area contributed by atoms with Crippen molar-refractivity contribution in [1.82, 2.24) is 0 Å². The van der Waals surface area contributed by atoms with Gasteiger partial charge in [-0.2, -0.15) is 0 Å². The van der Waals surface area contributed by atoms with E-state index in [1.165, 1.54) is 0 Å². The third-order valence-corrected chi connectivity index (χ3v) is 11.5. The van der Waals surface area contributed by atoms with Gasteiger partial charge < -0.3 is 14.2 Å². The molecule has 152 valence electrons. The lowest BCUT2D eigenvalue weighted by Crippen LogP contribution is -2.43. The first kappa shape index (κ1) is 23.8. The lowest BCUT2D eigenvalue weighted by Gasteiger charge is -2.37. The summed E-state index contributed by atoms with van der Waals surface area (Å²) in [6.07, 6.45) is 0.537. The summed E-state index contributed by atoms with van der Waals surface area (Å²) in [6.45, 7) is 18.1. The largest absolute Gasteiger partial charge is 0.463 e. The number of carbonyl (C=O) groups is 1. The fourth-order valence-electron chi connectivity index (χ4n) is 3.95. The summed E-state index contributed by atoms with van der Waals surface area (Å²) in [5.74, 6) is 8.16. The molecule has 0 aliphatic carbocycles. The quantitative estimate of drug-likeness (QED) is 0.358. The summed E-state index contributed by atoms with van der Waals surface area (Å²) in [6, 6.07) is 0. The highest BCUT2D eigenvalue weighted by molar-refractivity contribution is 6.90. The second kappa shape index (κ2) is 10.3. The molecule has 1 fully saturated rings. The Balaban J connectivity index is 2.46. The minimum absolute atomic E-state index is 0.193. The van der Waals surface area contributed by atoms with Gasteiger partial charge in [-0.1, -0.05) is 47.5 Å². The summed E-state index contributed by atoms with van der Waals surface area (Å²) in [5.41, 5.74) is 5.33. The third kappa shape index (κ3) is 7.00. The number of rotatable bonds is 7. The Hall–Kier alpha value is -1.27. The van der Waals surface area contributed by atoms with Gasteiger partial charge in [0.2, 0.25) is 0 Å². The molecule has 1 aliphatic heterocycles. The highest BCUT2D eigenvalue weighted by Gasteiger charge is 2.41. The van der Waals surface area contributed by atoms with E-state index in [-0.39, 0.29) is 25.1 Å². The topological polar surface area (TPSA) is 44.8 Å². The first-order valence-electron chi connectivity index (χ1n) is 9.98. The molecule has 0 radical (unpaired) electrons. The van der Waals surface area contributed by atoms with Crippen LogP contribution in [-0.2, 0) is 19.0 Å². The van der Waals surface area contributed by atoms with Crippen molar-refractivity contribution in [1.29, 1.82) is 0 Å². The Bertz CT molecular complexity index is 592. The van der Waals surface area contributed by atoms with E-state index in [9.17, 15) is 4.79 Å². The van der Waals surface area contributed by atoms with E-state index in [1.807, 2.05) is 13.8 Å². The minimum Gasteiger partial charge on any atom is -0.463 e. The fraction of sp³-hybridized carbons (Fsp3) is 0.773. The number of hydrogen-bond donors (Lipinski definition) is 0. The Labute approximate surface area is 166 Å². The summed E-state index contributed by atoms with van der Waals surface area (Å²) in [5, 5.41) is 0. The van der Waals surface area contributed by atoms with Crippen LogP contribution in [-0.4, -0.2) is 39.1 Å². The van der Waals surface area contributed by atoms with Gasteiger partial charge in [-0.25, -0.2) is 0 Å². The highest BCUT2D eigenvalue weighted by Crippen LogP contribution is 2.40. The second-order valence-electron chi connectivity index (χ2n) is 8.58. The van der Waals surface area contributed by atoms with E-state index in [1.54, 1.807) is 0 Å². The van der Waals surface area contributed by atoms with Crippen LogP contribution in [0.1, 0.15) is 68.2 Å². The predicted octanol–water partition coefficient (Wildman–Crippen LogP) is 4.69. The molecule has 4 nitrogen and oxygen atoms in total. The van der Waals surface area contributed by atoms with Crippen molar-refractivity contribution >= 4 is 14.0 Å². The van der Waals surface area contributed by atoms with Crippen molar-refractivity contribution in [3.63, 3.8) is 0 Å². The average molecular weight is 393 g/mol. The fourth-order valence-corrected chi connectivity index (χ4v) is 9.09. The monoisotopic (exact) mass is 392 g/mol. The normalized spacial score (nSPS) is 18.9. The number of ether oxygens (including phenoxy) is 3. The summed E-state index contributed by atoms with van der Waals surface area (Å²) in [7, 11) is -1.73. The molecule has 1 heterocycles. The lowest BCUT2D eigenvalue weighted by molar-refractivity contribution is -0.158. The molecule has 0 aromatic heterocycles. The zero-order valence-electron chi connectivity index (χ0n) is 18.3. The lowest BCUT2D eigenvalue weighted by atomic mass is 10.3. The van der Waals surface area contributed by atoms with Crippen molar-refractivity contribution in [3.05, 3.63) is 0 Å². The molecule has 1 saturated heterocycles. The Kier molecular flexibility index (Phi) is 9.08. The van der Waals surface area contributed by atoms with Crippen LogP contribution in [0.25, 0.3) is 0 Å². The van der Waals surface area contributed by atoms with Crippen molar-refractivity contribution in [3.8, 4) is 23.3 Å². The number of hydrogen-bond acceptors (Lipinski definition) is 4. The third-order valence-electron chi connectivity index (χ3n) is 5.25. The zero-order chi connectivity index (χ0) is 20.7. The van der Waals surface area contributed by atoms with Gasteiger partial charge in [-0.05, 0) is 42.3 Å². The van der Waals surface area contributed by atoms with Crippen LogP contribution in [0.5, 0.6) is 0 Å². The van der Waals surface area contributed by atoms with Gasteiger partial charge in [-0.15, -0.1) is 5.54 Å². The summed E-state index contributed by atoms with van der Waals surface area (Å²) >= 11 is 0. The summed E-state index contributed by atoms with van der Waals surface area (Å²) in [4.78, 5) is 11.8. The van der Waals surface area contributed by atoms with Crippen molar-refractivity contribution in [2.45, 2.75) is 96.7 Å². The van der Waals surface area contributed by atoms with Crippen LogP contribution < -0.4 is 0 Å². The van der Waals surface area contributed by atoms with E-state index in [0.717, 1.165) is 0 Å². The molecule has 27 heavy (non-hydrogen) atoms. The molecular weight excluding hydrogens is 356 g/mol. The molecule has 0 bridgehead atoms. The van der Waals surface area contributed by atoms with Crippen molar-refractivity contribution in [2.24, 2.45) is 0 Å². The van der Waals surface area contributed by atoms with Gasteiger partial charge in [-0.3, -0.25) is 4.79 Å². The Morgan fingerprint density at radius 1 is 1.11 bits per heavy atom. The maximum Gasteiger partial charge on any atom is 0.306 e. The number of carbonyl (C=O) groups excluding carboxylic acids is 1. The van der Waals surface area contributed by atoms with Crippen LogP contribution in [0, 0.1) is 23.3 Å². The van der Waals surface area contributed by atoms with Crippen molar-refractivity contribution < 1.29 is 19.0 Å². The molecule has 0 unspecified atom stereocenters. The van der Waals surface area contributed by atoms with Crippen LogP contribution >= 0.6 is 0 Å². The molecule has 1 aliphatic rings. The number of esters is 1. The molecule has 0 spiro atoms. The van der Waals surface area contributed by atoms with Gasteiger partial charge >= 0.3 is 5.97 Å². The van der Waals surface area contributed by atoms with Crippen LogP contribution in [0.4, 0.5) is 0 Å². The summed E-state index contributed by atoms with van der Waals surface area (Å²) < 4.78 is 16.3. The van der Waals surface area contributed by atoms with E-state index in [0.29, 0.717) is 29.7 Å². The van der Waals surface area contributed by atoms with Gasteiger partial charge in [0.25, 0.3) is 0 Å². The molecule has 5 heteroatoms. The molecule has 1 atom stereocenters. The predicted molar refractivity (Wildman–Crippen MR) is 112 cm³/mol. The van der Waals surface area contributed by atoms with Gasteiger partial charge in [0.1, 0.15) is 20.8 Å². The maximum atomic E-state index is 11.8. The highest BCUT2D eigenvalue weighted by atomic mass is 28.3. The minimum atomic E-state index is -1.73. The molecule has 0 N–H and O–H groups in total. The first-order valence-corrected chi connectivity index (χ1v) is 12.2. The van der Waals surface area contributed by atoms with E-state index in [4.69, 9.17) is 14.2 Å². The zero-order valence-corrected chi connectivity index (χ0v) is 19.3.